The molecule has 2 saturated heterocycles. The molecule has 4 nitrogen and oxygen atoms in total. The second kappa shape index (κ2) is 6.85. The van der Waals surface area contributed by atoms with Gasteiger partial charge >= 0.3 is 5.97 Å². The first-order chi connectivity index (χ1) is 11.5. The Kier molecular flexibility index (Phi) is 4.97. The maximum absolute atomic E-state index is 12.6. The first kappa shape index (κ1) is 17.4. The summed E-state index contributed by atoms with van der Waals surface area (Å²) in [6, 6.07) is 11.2. The number of aliphatic hydroxyl groups is 1. The largest absolute Gasteiger partial charge is 0.461 e. The normalized spacial score (nSPS) is 33.5. The van der Waals surface area contributed by atoms with Crippen molar-refractivity contribution in [1.82, 2.24) is 0 Å². The summed E-state index contributed by atoms with van der Waals surface area (Å²) >= 11 is 0. The van der Waals surface area contributed by atoms with E-state index in [0.717, 1.165) is 22.9 Å². The molecule has 1 aromatic carbocycles. The van der Waals surface area contributed by atoms with Crippen LogP contribution in [0, 0.1) is 0 Å². The molecule has 2 bridgehead atoms. The molecule has 3 rings (SSSR count). The van der Waals surface area contributed by atoms with Crippen LogP contribution in [0.5, 0.6) is 0 Å². The maximum atomic E-state index is 12.6. The first-order valence-corrected chi connectivity index (χ1v) is 9.18. The topological polar surface area (TPSA) is 46.5 Å². The lowest BCUT2D eigenvalue weighted by Crippen LogP contribution is -2.62. The number of rotatable bonds is 5. The van der Waals surface area contributed by atoms with Gasteiger partial charge in [0.25, 0.3) is 0 Å². The highest BCUT2D eigenvalue weighted by Crippen LogP contribution is 2.44. The van der Waals surface area contributed by atoms with E-state index in [2.05, 4.69) is 20.9 Å². The number of carbonyl (C=O) groups is 1. The van der Waals surface area contributed by atoms with Crippen LogP contribution in [-0.4, -0.2) is 53.4 Å². The molecule has 3 unspecified atom stereocenters. The average Bonchev–Trinajstić information content (AvgIpc) is 2.74. The van der Waals surface area contributed by atoms with Crippen molar-refractivity contribution in [1.29, 1.82) is 0 Å². The third-order valence-electron chi connectivity index (χ3n) is 6.54. The minimum Gasteiger partial charge on any atom is -0.461 e. The smallest absolute Gasteiger partial charge is 0.316 e. The second-order valence-electron chi connectivity index (χ2n) is 7.88. The molecule has 0 radical (unpaired) electrons. The van der Waals surface area contributed by atoms with E-state index in [1.807, 2.05) is 30.3 Å². The van der Waals surface area contributed by atoms with E-state index in [-0.39, 0.29) is 18.7 Å². The molecule has 2 aliphatic rings. The van der Waals surface area contributed by atoms with Gasteiger partial charge in [-0.3, -0.25) is 4.79 Å². The van der Waals surface area contributed by atoms with Gasteiger partial charge in [-0.05, 0) is 19.4 Å². The molecule has 132 valence electrons. The fraction of sp³-hybridized carbons (Fsp3) is 0.650. The van der Waals surface area contributed by atoms with Crippen LogP contribution in [0.3, 0.4) is 0 Å². The molecule has 0 amide bonds. The zero-order valence-corrected chi connectivity index (χ0v) is 15.0. The van der Waals surface area contributed by atoms with Gasteiger partial charge in [-0.15, -0.1) is 0 Å². The minimum atomic E-state index is -0.572. The number of benzene rings is 1. The summed E-state index contributed by atoms with van der Waals surface area (Å²) in [6.45, 7) is 4.39. The summed E-state index contributed by atoms with van der Waals surface area (Å²) in [7, 11) is 2.37. The lowest BCUT2D eigenvalue weighted by molar-refractivity contribution is -0.968. The van der Waals surface area contributed by atoms with Gasteiger partial charge in [-0.1, -0.05) is 30.3 Å². The Labute approximate surface area is 145 Å². The SMILES string of the molecule is CC(C)[N+]1(C)C2CC[C@@H]1CC(OC(=O)[C@@H](CO)c1ccccc1)C2. The predicted octanol–water partition coefficient (Wildman–Crippen LogP) is 2.85. The number of ether oxygens (including phenoxy) is 1. The Morgan fingerprint density at radius 2 is 1.79 bits per heavy atom. The van der Waals surface area contributed by atoms with Crippen LogP contribution in [-0.2, 0) is 9.53 Å². The molecule has 2 aliphatic heterocycles. The van der Waals surface area contributed by atoms with Gasteiger partial charge in [0.15, 0.2) is 0 Å². The predicted molar refractivity (Wildman–Crippen MR) is 93.5 cm³/mol. The van der Waals surface area contributed by atoms with E-state index in [1.54, 1.807) is 0 Å². The average molecular weight is 332 g/mol. The number of aliphatic hydroxyl groups excluding tert-OH is 1. The van der Waals surface area contributed by atoms with E-state index in [4.69, 9.17) is 4.74 Å². The second-order valence-corrected chi connectivity index (χ2v) is 7.88. The van der Waals surface area contributed by atoms with Crippen LogP contribution < -0.4 is 0 Å². The van der Waals surface area contributed by atoms with Gasteiger partial charge in [0.1, 0.15) is 12.0 Å². The number of hydrogen-bond acceptors (Lipinski definition) is 3. The maximum Gasteiger partial charge on any atom is 0.316 e. The summed E-state index contributed by atoms with van der Waals surface area (Å²) in [6.07, 6.45) is 4.36. The van der Waals surface area contributed by atoms with E-state index in [9.17, 15) is 9.90 Å². The van der Waals surface area contributed by atoms with Crippen LogP contribution >= 0.6 is 0 Å². The summed E-state index contributed by atoms with van der Waals surface area (Å²) in [5, 5.41) is 9.65. The quantitative estimate of drug-likeness (QED) is 0.666. The Hall–Kier alpha value is -1.39. The van der Waals surface area contributed by atoms with Crippen molar-refractivity contribution < 1.29 is 19.1 Å². The van der Waals surface area contributed by atoms with E-state index in [1.165, 1.54) is 12.8 Å². The third-order valence-corrected chi connectivity index (χ3v) is 6.54. The van der Waals surface area contributed by atoms with Gasteiger partial charge < -0.3 is 14.3 Å². The van der Waals surface area contributed by atoms with Crippen LogP contribution in [0.1, 0.15) is 51.0 Å². The number of carbonyl (C=O) groups excluding carboxylic acids is 1. The van der Waals surface area contributed by atoms with Crippen molar-refractivity contribution in [2.75, 3.05) is 13.7 Å². The van der Waals surface area contributed by atoms with Crippen LogP contribution in [0.4, 0.5) is 0 Å². The fourth-order valence-electron chi connectivity index (χ4n) is 4.82. The molecule has 4 heteroatoms. The molecule has 0 saturated carbocycles. The molecular formula is C20H30NO3+. The summed E-state index contributed by atoms with van der Waals surface area (Å²) in [5.74, 6) is -0.856. The number of esters is 1. The highest BCUT2D eigenvalue weighted by molar-refractivity contribution is 5.78. The van der Waals surface area contributed by atoms with Gasteiger partial charge in [-0.2, -0.15) is 0 Å². The van der Waals surface area contributed by atoms with Crippen LogP contribution in [0.15, 0.2) is 30.3 Å². The Balaban J connectivity index is 1.66. The van der Waals surface area contributed by atoms with Crippen molar-refractivity contribution in [2.45, 2.75) is 69.7 Å². The van der Waals surface area contributed by atoms with Crippen molar-refractivity contribution in [3.63, 3.8) is 0 Å². The first-order valence-electron chi connectivity index (χ1n) is 9.18. The fourth-order valence-corrected chi connectivity index (χ4v) is 4.82. The van der Waals surface area contributed by atoms with E-state index in [0.29, 0.717) is 18.1 Å². The minimum absolute atomic E-state index is 0.00212. The van der Waals surface area contributed by atoms with Gasteiger partial charge in [0.2, 0.25) is 0 Å². The van der Waals surface area contributed by atoms with E-state index < -0.39 is 5.92 Å². The van der Waals surface area contributed by atoms with Crippen molar-refractivity contribution >= 4 is 5.97 Å². The van der Waals surface area contributed by atoms with Gasteiger partial charge in [0, 0.05) is 25.7 Å². The molecule has 0 aliphatic carbocycles. The van der Waals surface area contributed by atoms with Crippen molar-refractivity contribution in [3.8, 4) is 0 Å². The zero-order valence-electron chi connectivity index (χ0n) is 15.0. The Morgan fingerprint density at radius 1 is 1.21 bits per heavy atom. The third kappa shape index (κ3) is 2.98. The lowest BCUT2D eigenvalue weighted by atomic mass is 9.94. The van der Waals surface area contributed by atoms with Crippen LogP contribution in [0.2, 0.25) is 0 Å². The zero-order chi connectivity index (χ0) is 17.3. The van der Waals surface area contributed by atoms with E-state index >= 15 is 0 Å². The lowest BCUT2D eigenvalue weighted by Gasteiger charge is -2.49. The van der Waals surface area contributed by atoms with Gasteiger partial charge in [-0.25, -0.2) is 0 Å². The van der Waals surface area contributed by atoms with Crippen LogP contribution in [0.25, 0.3) is 0 Å². The number of fused-ring (bicyclic) bond motifs is 2. The molecule has 2 heterocycles. The number of piperidine rings is 1. The van der Waals surface area contributed by atoms with Crippen molar-refractivity contribution in [2.24, 2.45) is 0 Å². The molecule has 5 atom stereocenters. The number of quaternary nitrogens is 1. The molecule has 0 spiro atoms. The highest BCUT2D eigenvalue weighted by Gasteiger charge is 2.53. The highest BCUT2D eigenvalue weighted by atomic mass is 16.5. The molecule has 0 aromatic heterocycles. The Morgan fingerprint density at radius 3 is 2.29 bits per heavy atom. The monoisotopic (exact) mass is 332 g/mol. The molecular weight excluding hydrogens is 302 g/mol. The molecule has 1 N–H and O–H groups in total. The summed E-state index contributed by atoms with van der Waals surface area (Å²) < 4.78 is 6.96. The number of nitrogens with zero attached hydrogens (tertiary/aromatic N) is 1. The Bertz CT molecular complexity index is 558. The molecule has 24 heavy (non-hydrogen) atoms. The van der Waals surface area contributed by atoms with Gasteiger partial charge in [0.05, 0.1) is 31.8 Å². The molecule has 2 fully saturated rings. The molecule has 1 aromatic rings. The standard InChI is InChI=1S/C20H30NO3/c1-14(2)21(3)16-9-10-17(21)12-18(11-16)24-20(23)19(13-22)15-7-5-4-6-8-15/h4-8,14,16-19,22H,9-13H2,1-3H3/q+1/t16-,17?,18?,19+,21?/m1/s1. The number of hydrogen-bond donors (Lipinski definition) is 1. The van der Waals surface area contributed by atoms with Crippen molar-refractivity contribution in [3.05, 3.63) is 35.9 Å². The summed E-state index contributed by atoms with van der Waals surface area (Å²) in [4.78, 5) is 12.6. The summed E-state index contributed by atoms with van der Waals surface area (Å²) in [5.41, 5.74) is 0.826.